The number of hydrogen-bond donors (Lipinski definition) is 0. The van der Waals surface area contributed by atoms with Crippen LogP contribution < -0.4 is 9.80 Å². The van der Waals surface area contributed by atoms with Gasteiger partial charge in [-0.05, 0) is 202 Å². The Morgan fingerprint density at radius 2 is 0.453 bits per heavy atom. The zero-order valence-electron chi connectivity index (χ0n) is 53.2. The second kappa shape index (κ2) is 32.5. The topological polar surface area (TPSA) is 6.48 Å². The van der Waals surface area contributed by atoms with Gasteiger partial charge in [0.15, 0.2) is 0 Å². The predicted molar refractivity (Wildman–Crippen MR) is 375 cm³/mol. The standard InChI is InChI=1S/C84H100N2/c1-5-9-13-17-21-27-35-65-43-51-71(52-44-65)85(72-53-45-66(46-54-72)36-28-22-18-14-10-6-2)75-59-61-77-79(63-75)83-82(70-41-33-26-34-42-70)78-62-60-76(64-80(78)84(83)81(77)69-39-31-25-32-40-69)86(73-55-47-67(48-56-73)37-29-23-19-15-11-7-3)74-57-49-68(50-58-74)38-30-24-20-16-12-8-4/h25-26,31-34,39-64H,5-24,27-30,35-38H2,1-4H3. The van der Waals surface area contributed by atoms with Crippen LogP contribution in [0.15, 0.2) is 194 Å². The van der Waals surface area contributed by atoms with Crippen LogP contribution in [0.2, 0.25) is 0 Å². The number of nitrogens with zero attached hydrogens (tertiary/aromatic N) is 2. The molecule has 0 N–H and O–H groups in total. The maximum Gasteiger partial charge on any atom is 0.0468 e. The fourth-order valence-electron chi connectivity index (χ4n) is 13.6. The quantitative estimate of drug-likeness (QED) is 0.0361. The van der Waals surface area contributed by atoms with Crippen molar-refractivity contribution in [3.63, 3.8) is 0 Å². The van der Waals surface area contributed by atoms with Gasteiger partial charge in [0.25, 0.3) is 0 Å². The lowest BCUT2D eigenvalue weighted by atomic mass is 9.91. The van der Waals surface area contributed by atoms with E-state index in [1.54, 1.807) is 0 Å². The minimum Gasteiger partial charge on any atom is -0.310 e. The summed E-state index contributed by atoms with van der Waals surface area (Å²) in [6.45, 7) is 9.22. The molecule has 0 aromatic heterocycles. The van der Waals surface area contributed by atoms with Crippen LogP contribution in [-0.2, 0) is 25.7 Å². The SMILES string of the molecule is CCCCCCCCc1ccc(N(c2ccc(CCCCCCCC)cc2)c2ccc3c(c2)C2=C(c4ccccc4)c4ccc(N(c5ccc(CCCCCCCC)cc5)c5ccc(CCCCCCCC)cc5)cc4C2=C3c2ccccc2)cc1. The third kappa shape index (κ3) is 15.9. The molecule has 0 unspecified atom stereocenters. The molecule has 0 radical (unpaired) electrons. The molecule has 0 amide bonds. The normalized spacial score (nSPS) is 12.5. The summed E-state index contributed by atoms with van der Waals surface area (Å²) in [7, 11) is 0. The van der Waals surface area contributed by atoms with E-state index >= 15 is 0 Å². The van der Waals surface area contributed by atoms with Gasteiger partial charge in [-0.15, -0.1) is 0 Å². The Morgan fingerprint density at radius 1 is 0.209 bits per heavy atom. The highest BCUT2D eigenvalue weighted by Gasteiger charge is 2.38. The Labute approximate surface area is 520 Å². The molecule has 0 saturated carbocycles. The second-order valence-corrected chi connectivity index (χ2v) is 25.1. The number of unbranched alkanes of at least 4 members (excludes halogenated alkanes) is 20. The smallest absolute Gasteiger partial charge is 0.0468 e. The number of rotatable bonds is 36. The maximum absolute atomic E-state index is 2.52. The van der Waals surface area contributed by atoms with Crippen molar-refractivity contribution in [2.45, 2.75) is 207 Å². The number of allylic oxidation sites excluding steroid dienone is 2. The average Bonchev–Trinajstić information content (AvgIpc) is 1.57. The van der Waals surface area contributed by atoms with E-state index in [1.807, 2.05) is 0 Å². The first-order valence-electron chi connectivity index (χ1n) is 34.4. The van der Waals surface area contributed by atoms with Crippen molar-refractivity contribution in [1.82, 2.24) is 0 Å². The summed E-state index contributed by atoms with van der Waals surface area (Å²) in [4.78, 5) is 5.03. The summed E-state index contributed by atoms with van der Waals surface area (Å²) >= 11 is 0. The van der Waals surface area contributed by atoms with Gasteiger partial charge in [0.05, 0.1) is 0 Å². The Bertz CT molecular complexity index is 3030. The van der Waals surface area contributed by atoms with E-state index in [1.165, 1.54) is 266 Å². The minimum absolute atomic E-state index is 1.13. The summed E-state index contributed by atoms with van der Waals surface area (Å²) in [5.74, 6) is 0. The average molecular weight is 1140 g/mol. The number of anilines is 6. The Balaban J connectivity index is 1.05. The van der Waals surface area contributed by atoms with Crippen molar-refractivity contribution in [3.05, 3.63) is 250 Å². The summed E-state index contributed by atoms with van der Waals surface area (Å²) < 4.78 is 0. The van der Waals surface area contributed by atoms with E-state index < -0.39 is 0 Å². The van der Waals surface area contributed by atoms with Gasteiger partial charge in [0.1, 0.15) is 0 Å². The summed E-state index contributed by atoms with van der Waals surface area (Å²) in [5, 5.41) is 0. The van der Waals surface area contributed by atoms with E-state index in [-0.39, 0.29) is 0 Å². The lowest BCUT2D eigenvalue weighted by Crippen LogP contribution is -2.11. The van der Waals surface area contributed by atoms with Gasteiger partial charge in [-0.1, -0.05) is 277 Å². The van der Waals surface area contributed by atoms with Crippen molar-refractivity contribution in [3.8, 4) is 0 Å². The lowest BCUT2D eigenvalue weighted by Gasteiger charge is -2.27. The van der Waals surface area contributed by atoms with Crippen LogP contribution >= 0.6 is 0 Å². The molecule has 0 aliphatic heterocycles. The predicted octanol–water partition coefficient (Wildman–Crippen LogP) is 25.5. The first kappa shape index (κ1) is 61.9. The van der Waals surface area contributed by atoms with Crippen molar-refractivity contribution < 1.29 is 0 Å². The molecule has 2 nitrogen and oxygen atoms in total. The fourth-order valence-corrected chi connectivity index (χ4v) is 13.6. The molecule has 0 heterocycles. The molecule has 2 heteroatoms. The Hall–Kier alpha value is -7.16. The molecule has 0 saturated heterocycles. The molecule has 0 fully saturated rings. The highest BCUT2D eigenvalue weighted by molar-refractivity contribution is 6.35. The van der Waals surface area contributed by atoms with Crippen LogP contribution in [0.3, 0.4) is 0 Å². The van der Waals surface area contributed by atoms with Crippen LogP contribution in [0.1, 0.15) is 237 Å². The lowest BCUT2D eigenvalue weighted by molar-refractivity contribution is 0.607. The molecule has 0 spiro atoms. The first-order chi connectivity index (χ1) is 42.6. The van der Waals surface area contributed by atoms with Crippen molar-refractivity contribution in [2.75, 3.05) is 9.80 Å². The van der Waals surface area contributed by atoms with Crippen molar-refractivity contribution >= 4 is 56.4 Å². The Kier molecular flexibility index (Phi) is 23.4. The van der Waals surface area contributed by atoms with Gasteiger partial charge >= 0.3 is 0 Å². The molecule has 0 atom stereocenters. The van der Waals surface area contributed by atoms with Crippen molar-refractivity contribution in [2.24, 2.45) is 0 Å². The van der Waals surface area contributed by atoms with Crippen molar-refractivity contribution in [1.29, 1.82) is 0 Å². The fraction of sp³-hybridized carbons (Fsp3) is 0.381. The zero-order chi connectivity index (χ0) is 59.1. The van der Waals surface area contributed by atoms with E-state index in [4.69, 9.17) is 0 Å². The molecule has 86 heavy (non-hydrogen) atoms. The van der Waals surface area contributed by atoms with Crippen LogP contribution in [0.5, 0.6) is 0 Å². The molecule has 2 aliphatic rings. The molecular formula is C84H100N2. The van der Waals surface area contributed by atoms with Gasteiger partial charge in [0.2, 0.25) is 0 Å². The van der Waals surface area contributed by atoms with Gasteiger partial charge in [0, 0.05) is 34.1 Å². The molecule has 446 valence electrons. The first-order valence-corrected chi connectivity index (χ1v) is 34.4. The third-order valence-corrected chi connectivity index (χ3v) is 18.5. The van der Waals surface area contributed by atoms with Gasteiger partial charge in [-0.3, -0.25) is 0 Å². The van der Waals surface area contributed by atoms with E-state index in [0.29, 0.717) is 0 Å². The molecule has 2 aliphatic carbocycles. The van der Waals surface area contributed by atoms with E-state index in [9.17, 15) is 0 Å². The number of hydrogen-bond acceptors (Lipinski definition) is 2. The summed E-state index contributed by atoms with van der Waals surface area (Å²) in [6, 6.07) is 75.3. The summed E-state index contributed by atoms with van der Waals surface area (Å²) in [5.41, 5.74) is 25.7. The monoisotopic (exact) mass is 1140 g/mol. The van der Waals surface area contributed by atoms with Gasteiger partial charge in [-0.25, -0.2) is 0 Å². The third-order valence-electron chi connectivity index (χ3n) is 18.5. The number of fused-ring (bicyclic) bond motifs is 5. The molecular weight excluding hydrogens is 1040 g/mol. The zero-order valence-corrected chi connectivity index (χ0v) is 53.2. The number of benzene rings is 8. The van der Waals surface area contributed by atoms with Gasteiger partial charge in [-0.2, -0.15) is 0 Å². The number of aryl methyl sites for hydroxylation is 4. The Morgan fingerprint density at radius 3 is 0.721 bits per heavy atom. The van der Waals surface area contributed by atoms with Crippen LogP contribution in [0.25, 0.3) is 22.3 Å². The molecule has 8 aromatic rings. The molecule has 10 rings (SSSR count). The minimum atomic E-state index is 1.13. The maximum atomic E-state index is 2.52. The highest BCUT2D eigenvalue weighted by Crippen LogP contribution is 2.60. The van der Waals surface area contributed by atoms with Crippen LogP contribution in [0.4, 0.5) is 34.1 Å². The van der Waals surface area contributed by atoms with Crippen LogP contribution in [0, 0.1) is 0 Å². The van der Waals surface area contributed by atoms with E-state index in [0.717, 1.165) is 25.7 Å². The molecule has 0 bridgehead atoms. The summed E-state index contributed by atoms with van der Waals surface area (Å²) in [6.07, 6.45) is 36.0. The van der Waals surface area contributed by atoms with Crippen LogP contribution in [-0.4, -0.2) is 0 Å². The van der Waals surface area contributed by atoms with E-state index in [2.05, 4.69) is 232 Å². The highest BCUT2D eigenvalue weighted by atomic mass is 15.1. The largest absolute Gasteiger partial charge is 0.310 e. The molecule has 8 aromatic carbocycles. The van der Waals surface area contributed by atoms with Gasteiger partial charge < -0.3 is 9.80 Å². The second-order valence-electron chi connectivity index (χ2n) is 25.1.